The van der Waals surface area contributed by atoms with Gasteiger partial charge in [0.1, 0.15) is 18.0 Å². The first-order chi connectivity index (χ1) is 19.6. The van der Waals surface area contributed by atoms with Crippen molar-refractivity contribution in [1.29, 1.82) is 0 Å². The van der Waals surface area contributed by atoms with Gasteiger partial charge in [0.25, 0.3) is 0 Å². The van der Waals surface area contributed by atoms with E-state index in [9.17, 15) is 4.79 Å². The lowest BCUT2D eigenvalue weighted by Gasteiger charge is -2.15. The lowest BCUT2D eigenvalue weighted by atomic mass is 10.1. The van der Waals surface area contributed by atoms with Crippen molar-refractivity contribution in [3.63, 3.8) is 0 Å². The number of rotatable bonds is 13. The number of amides is 1. The number of carbonyl (C=O) groups is 1. The number of nitrogens with zero attached hydrogens (tertiary/aromatic N) is 3. The molecule has 0 bridgehead atoms. The Morgan fingerprint density at radius 3 is 2.44 bits per heavy atom. The Balaban J connectivity index is 1.74. The van der Waals surface area contributed by atoms with E-state index in [0.29, 0.717) is 53.2 Å². The highest BCUT2D eigenvalue weighted by Crippen LogP contribution is 2.43. The Kier molecular flexibility index (Phi) is 9.30. The maximum absolute atomic E-state index is 11.7. The fourth-order valence-electron chi connectivity index (χ4n) is 4.12. The highest BCUT2D eigenvalue weighted by atomic mass is 28.3. The second kappa shape index (κ2) is 12.9. The van der Waals surface area contributed by atoms with Crippen molar-refractivity contribution < 1.29 is 28.5 Å². The number of ether oxygens (including phenoxy) is 5. The van der Waals surface area contributed by atoms with Crippen molar-refractivity contribution in [3.05, 3.63) is 61.4 Å². The predicted molar refractivity (Wildman–Crippen MR) is 162 cm³/mol. The van der Waals surface area contributed by atoms with Gasteiger partial charge in [-0.05, 0) is 41.9 Å². The summed E-state index contributed by atoms with van der Waals surface area (Å²) in [4.78, 5) is 21.2. The minimum absolute atomic E-state index is 0.288. The van der Waals surface area contributed by atoms with E-state index in [-0.39, 0.29) is 11.8 Å². The molecule has 41 heavy (non-hydrogen) atoms. The van der Waals surface area contributed by atoms with E-state index in [1.807, 2.05) is 22.9 Å². The summed E-state index contributed by atoms with van der Waals surface area (Å²) in [7, 11) is 3.49. The highest BCUT2D eigenvalue weighted by Gasteiger charge is 2.20. The van der Waals surface area contributed by atoms with Gasteiger partial charge in [0, 0.05) is 38.2 Å². The van der Waals surface area contributed by atoms with Crippen LogP contribution in [0.3, 0.4) is 0 Å². The second-order valence-corrected chi connectivity index (χ2v) is 16.1. The fraction of sp³-hybridized carbons (Fsp3) is 0.300. The van der Waals surface area contributed by atoms with Crippen molar-refractivity contribution in [1.82, 2.24) is 14.5 Å². The van der Waals surface area contributed by atoms with E-state index in [4.69, 9.17) is 28.7 Å². The molecule has 0 fully saturated rings. The Morgan fingerprint density at radius 1 is 1.07 bits per heavy atom. The van der Waals surface area contributed by atoms with Gasteiger partial charge in [-0.15, -0.1) is 0 Å². The number of methoxy groups -OCH3 is 3. The molecule has 0 saturated heterocycles. The van der Waals surface area contributed by atoms with Crippen LogP contribution < -0.4 is 24.3 Å². The Morgan fingerprint density at radius 2 is 1.80 bits per heavy atom. The predicted octanol–water partition coefficient (Wildman–Crippen LogP) is 6.35. The molecule has 1 amide bonds. The van der Waals surface area contributed by atoms with Crippen LogP contribution in [0.25, 0.3) is 22.3 Å². The molecule has 4 aromatic rings. The molecule has 216 valence electrons. The van der Waals surface area contributed by atoms with E-state index in [1.165, 1.54) is 6.08 Å². The van der Waals surface area contributed by atoms with Crippen molar-refractivity contribution in [2.75, 3.05) is 33.3 Å². The summed E-state index contributed by atoms with van der Waals surface area (Å²) < 4.78 is 30.7. The van der Waals surface area contributed by atoms with Gasteiger partial charge in [-0.25, -0.2) is 9.97 Å². The van der Waals surface area contributed by atoms with Crippen LogP contribution in [-0.4, -0.2) is 56.5 Å². The van der Waals surface area contributed by atoms with Crippen LogP contribution in [-0.2, 0) is 16.3 Å². The Labute approximate surface area is 240 Å². The number of hydrogen-bond acceptors (Lipinski definition) is 8. The average Bonchev–Trinajstić information content (AvgIpc) is 3.31. The first-order valence-corrected chi connectivity index (χ1v) is 16.8. The molecule has 10 nitrogen and oxygen atoms in total. The molecule has 1 N–H and O–H groups in total. The molecule has 2 aromatic carbocycles. The molecule has 0 aliphatic rings. The molecule has 0 atom stereocenters. The number of hydrogen-bond donors (Lipinski definition) is 1. The molecule has 11 heteroatoms. The highest BCUT2D eigenvalue weighted by molar-refractivity contribution is 6.76. The van der Waals surface area contributed by atoms with Crippen LogP contribution in [0.5, 0.6) is 28.9 Å². The number of aromatic nitrogens is 3. The van der Waals surface area contributed by atoms with Crippen molar-refractivity contribution in [2.24, 2.45) is 0 Å². The van der Waals surface area contributed by atoms with Gasteiger partial charge in [-0.3, -0.25) is 4.79 Å². The quantitative estimate of drug-likeness (QED) is 0.111. The second-order valence-electron chi connectivity index (χ2n) is 10.5. The third-order valence-electron chi connectivity index (χ3n) is 6.26. The van der Waals surface area contributed by atoms with Crippen LogP contribution in [0.1, 0.15) is 0 Å². The van der Waals surface area contributed by atoms with Crippen LogP contribution >= 0.6 is 0 Å². The largest absolute Gasteiger partial charge is 0.493 e. The number of fused-ring (bicyclic) bond motifs is 1. The van der Waals surface area contributed by atoms with Gasteiger partial charge in [-0.2, -0.15) is 0 Å². The summed E-state index contributed by atoms with van der Waals surface area (Å²) in [5.74, 6) is 2.00. The van der Waals surface area contributed by atoms with Crippen molar-refractivity contribution in [3.8, 4) is 40.0 Å². The van der Waals surface area contributed by atoms with E-state index >= 15 is 0 Å². The van der Waals surface area contributed by atoms with Crippen LogP contribution in [0.4, 0.5) is 5.69 Å². The number of benzene rings is 2. The molecule has 0 radical (unpaired) electrons. The molecule has 0 saturated carbocycles. The summed E-state index contributed by atoms with van der Waals surface area (Å²) in [5, 5.41) is 2.72. The third-order valence-corrected chi connectivity index (χ3v) is 7.96. The molecule has 0 unspecified atom stereocenters. The van der Waals surface area contributed by atoms with Gasteiger partial charge < -0.3 is 33.6 Å². The van der Waals surface area contributed by atoms with E-state index < -0.39 is 8.07 Å². The van der Waals surface area contributed by atoms with Gasteiger partial charge in [0.2, 0.25) is 17.5 Å². The summed E-state index contributed by atoms with van der Waals surface area (Å²) in [6.07, 6.45) is 4.72. The molecule has 2 aromatic heterocycles. The normalized spacial score (nSPS) is 11.3. The molecule has 4 rings (SSSR count). The summed E-state index contributed by atoms with van der Waals surface area (Å²) in [5.41, 5.74) is 3.41. The molecule has 2 heterocycles. The van der Waals surface area contributed by atoms with Crippen molar-refractivity contribution >= 4 is 30.8 Å². The minimum atomic E-state index is -1.23. The van der Waals surface area contributed by atoms with Crippen LogP contribution in [0.15, 0.2) is 61.4 Å². The average molecular weight is 577 g/mol. The first-order valence-electron chi connectivity index (χ1n) is 13.1. The zero-order valence-electron chi connectivity index (χ0n) is 24.3. The van der Waals surface area contributed by atoms with E-state index in [0.717, 1.165) is 17.2 Å². The fourth-order valence-corrected chi connectivity index (χ4v) is 4.88. The zero-order valence-corrected chi connectivity index (χ0v) is 25.3. The molecule has 0 aliphatic heterocycles. The van der Waals surface area contributed by atoms with E-state index in [2.05, 4.69) is 36.5 Å². The number of anilines is 1. The number of carbonyl (C=O) groups excluding carboxylic acids is 1. The summed E-state index contributed by atoms with van der Waals surface area (Å²) >= 11 is 0. The molecular formula is C30H36N4O6Si. The maximum atomic E-state index is 11.7. The van der Waals surface area contributed by atoms with Gasteiger partial charge in [0.15, 0.2) is 17.1 Å². The minimum Gasteiger partial charge on any atom is -0.493 e. The first kappa shape index (κ1) is 29.6. The SMILES string of the molecule is C=CC(=O)Nc1cccc(Oc2cnc3c(n2)c(-c2cc(OC)c(OC)c(OC)c2)cn3COCC[Si](C)(C)C)c1. The lowest BCUT2D eigenvalue weighted by molar-refractivity contribution is -0.111. The summed E-state index contributed by atoms with van der Waals surface area (Å²) in [6, 6.07) is 11.8. The smallest absolute Gasteiger partial charge is 0.247 e. The van der Waals surface area contributed by atoms with Gasteiger partial charge >= 0.3 is 0 Å². The number of nitrogens with one attached hydrogen (secondary N) is 1. The topological polar surface area (TPSA) is 106 Å². The van der Waals surface area contributed by atoms with E-state index in [1.54, 1.807) is 51.8 Å². The Hall–Kier alpha value is -4.35. The summed E-state index contributed by atoms with van der Waals surface area (Å²) in [6.45, 7) is 11.4. The van der Waals surface area contributed by atoms with Crippen LogP contribution in [0, 0.1) is 0 Å². The third kappa shape index (κ3) is 7.24. The van der Waals surface area contributed by atoms with Gasteiger partial charge in [0.05, 0.1) is 27.5 Å². The molecule has 0 spiro atoms. The standard InChI is InChI=1S/C30H36N4O6Si/c1-8-26(35)32-21-10-9-11-22(16-21)40-27-17-31-30-28(33-27)23(18-34(30)19-39-12-13-41(5,6)7)20-14-24(36-2)29(38-4)25(15-20)37-3/h8-11,14-18H,1,12-13,19H2,2-7H3,(H,32,35). The molecular weight excluding hydrogens is 540 g/mol. The maximum Gasteiger partial charge on any atom is 0.247 e. The monoisotopic (exact) mass is 576 g/mol. The lowest BCUT2D eigenvalue weighted by Crippen LogP contribution is -2.22. The van der Waals surface area contributed by atoms with Crippen LogP contribution in [0.2, 0.25) is 25.7 Å². The van der Waals surface area contributed by atoms with Crippen molar-refractivity contribution in [2.45, 2.75) is 32.4 Å². The molecule has 0 aliphatic carbocycles. The zero-order chi connectivity index (χ0) is 29.6. The van der Waals surface area contributed by atoms with Gasteiger partial charge in [-0.1, -0.05) is 32.3 Å². The Bertz CT molecular complexity index is 1520.